The van der Waals surface area contributed by atoms with Crippen LogP contribution in [0.4, 0.5) is 13.2 Å². The van der Waals surface area contributed by atoms with Crippen molar-refractivity contribution in [1.29, 1.82) is 0 Å². The molecule has 0 saturated carbocycles. The number of alkyl halides is 3. The van der Waals surface area contributed by atoms with E-state index in [1.54, 1.807) is 31.2 Å². The van der Waals surface area contributed by atoms with Crippen molar-refractivity contribution in [3.8, 4) is 17.1 Å². The van der Waals surface area contributed by atoms with Crippen molar-refractivity contribution in [3.05, 3.63) is 48.2 Å². The minimum atomic E-state index is -4.37. The Bertz CT molecular complexity index is 612. The fourth-order valence-corrected chi connectivity index (χ4v) is 1.72. The van der Waals surface area contributed by atoms with Gasteiger partial charge in [0.2, 0.25) is 0 Å². The summed E-state index contributed by atoms with van der Waals surface area (Å²) in [5.41, 5.74) is 1.31. The quantitative estimate of drug-likeness (QED) is 0.800. The maximum atomic E-state index is 12.2. The molecular formula is C15H13F3O2. The van der Waals surface area contributed by atoms with Crippen LogP contribution in [0, 0.1) is 6.92 Å². The molecule has 0 aliphatic carbocycles. The van der Waals surface area contributed by atoms with Crippen molar-refractivity contribution in [3.63, 3.8) is 0 Å². The van der Waals surface area contributed by atoms with Crippen LogP contribution in [0.2, 0.25) is 0 Å². The predicted octanol–water partition coefficient (Wildman–Crippen LogP) is 4.84. The van der Waals surface area contributed by atoms with Crippen LogP contribution < -0.4 is 4.74 Å². The lowest BCUT2D eigenvalue weighted by Crippen LogP contribution is -2.19. The summed E-state index contributed by atoms with van der Waals surface area (Å²) < 4.78 is 46.8. The average molecular weight is 282 g/mol. The van der Waals surface area contributed by atoms with Gasteiger partial charge in [0.1, 0.15) is 17.3 Å². The van der Waals surface area contributed by atoms with Gasteiger partial charge in [-0.1, -0.05) is 12.7 Å². The van der Waals surface area contributed by atoms with E-state index in [0.717, 1.165) is 5.76 Å². The van der Waals surface area contributed by atoms with Gasteiger partial charge in [-0.2, -0.15) is 13.2 Å². The molecule has 5 heteroatoms. The third-order valence-electron chi connectivity index (χ3n) is 2.59. The molecule has 1 aromatic carbocycles. The average Bonchev–Trinajstić information content (AvgIpc) is 2.82. The molecule has 1 heterocycles. The molecule has 0 amide bonds. The number of aryl methyl sites for hydroxylation is 1. The first-order chi connectivity index (χ1) is 9.37. The van der Waals surface area contributed by atoms with Crippen molar-refractivity contribution < 1.29 is 22.3 Å². The lowest BCUT2D eigenvalue weighted by Gasteiger charge is -2.11. The fourth-order valence-electron chi connectivity index (χ4n) is 1.72. The van der Waals surface area contributed by atoms with Crippen molar-refractivity contribution in [1.82, 2.24) is 0 Å². The zero-order chi connectivity index (χ0) is 14.8. The molecule has 0 spiro atoms. The highest BCUT2D eigenvalue weighted by Crippen LogP contribution is 2.29. The van der Waals surface area contributed by atoms with Crippen molar-refractivity contribution >= 4 is 6.08 Å². The van der Waals surface area contributed by atoms with E-state index in [4.69, 9.17) is 9.15 Å². The van der Waals surface area contributed by atoms with E-state index in [1.807, 2.05) is 0 Å². The van der Waals surface area contributed by atoms with Gasteiger partial charge in [-0.05, 0) is 42.8 Å². The molecule has 106 valence electrons. The van der Waals surface area contributed by atoms with Crippen LogP contribution in [0.5, 0.6) is 5.75 Å². The SMILES string of the molecule is C=Cc1cc(OCC(F)(F)F)cc(-c2ccc(C)o2)c1. The van der Waals surface area contributed by atoms with E-state index < -0.39 is 12.8 Å². The number of halogens is 3. The summed E-state index contributed by atoms with van der Waals surface area (Å²) in [6.07, 6.45) is -2.83. The molecule has 0 bridgehead atoms. The van der Waals surface area contributed by atoms with Gasteiger partial charge in [0, 0.05) is 5.56 Å². The van der Waals surface area contributed by atoms with Crippen molar-refractivity contribution in [2.75, 3.05) is 6.61 Å². The number of hydrogen-bond acceptors (Lipinski definition) is 2. The van der Waals surface area contributed by atoms with Gasteiger partial charge >= 0.3 is 6.18 Å². The molecule has 0 saturated heterocycles. The molecule has 0 atom stereocenters. The minimum Gasteiger partial charge on any atom is -0.484 e. The molecule has 2 aromatic rings. The van der Waals surface area contributed by atoms with Crippen LogP contribution in [0.25, 0.3) is 17.4 Å². The maximum Gasteiger partial charge on any atom is 0.422 e. The number of rotatable bonds is 4. The largest absolute Gasteiger partial charge is 0.484 e. The molecular weight excluding hydrogens is 269 g/mol. The van der Waals surface area contributed by atoms with Gasteiger partial charge in [-0.25, -0.2) is 0 Å². The van der Waals surface area contributed by atoms with Gasteiger partial charge < -0.3 is 9.15 Å². The Morgan fingerprint density at radius 2 is 2.00 bits per heavy atom. The normalized spacial score (nSPS) is 11.4. The molecule has 0 aliphatic rings. The highest BCUT2D eigenvalue weighted by Gasteiger charge is 2.28. The molecule has 0 radical (unpaired) electrons. The van der Waals surface area contributed by atoms with E-state index in [2.05, 4.69) is 6.58 Å². The topological polar surface area (TPSA) is 22.4 Å². The number of benzene rings is 1. The molecule has 20 heavy (non-hydrogen) atoms. The second-order valence-electron chi connectivity index (χ2n) is 4.31. The van der Waals surface area contributed by atoms with Crippen LogP contribution in [-0.4, -0.2) is 12.8 Å². The Kier molecular flexibility index (Phi) is 3.88. The van der Waals surface area contributed by atoms with Crippen molar-refractivity contribution in [2.45, 2.75) is 13.1 Å². The summed E-state index contributed by atoms with van der Waals surface area (Å²) in [6.45, 7) is 4.08. The van der Waals surface area contributed by atoms with Crippen molar-refractivity contribution in [2.24, 2.45) is 0 Å². The van der Waals surface area contributed by atoms with E-state index >= 15 is 0 Å². The lowest BCUT2D eigenvalue weighted by molar-refractivity contribution is -0.153. The summed E-state index contributed by atoms with van der Waals surface area (Å²) >= 11 is 0. The third-order valence-corrected chi connectivity index (χ3v) is 2.59. The van der Waals surface area contributed by atoms with E-state index in [-0.39, 0.29) is 5.75 Å². The van der Waals surface area contributed by atoms with E-state index in [1.165, 1.54) is 12.1 Å². The minimum absolute atomic E-state index is 0.128. The monoisotopic (exact) mass is 282 g/mol. The molecule has 2 rings (SSSR count). The first-order valence-electron chi connectivity index (χ1n) is 5.91. The summed E-state index contributed by atoms with van der Waals surface area (Å²) in [6, 6.07) is 8.32. The number of hydrogen-bond donors (Lipinski definition) is 0. The van der Waals surface area contributed by atoms with Gasteiger partial charge in [0.15, 0.2) is 6.61 Å². The summed E-state index contributed by atoms with van der Waals surface area (Å²) in [4.78, 5) is 0. The second kappa shape index (κ2) is 5.45. The maximum absolute atomic E-state index is 12.2. The Hall–Kier alpha value is -2.17. The zero-order valence-electron chi connectivity index (χ0n) is 10.8. The molecule has 1 aromatic heterocycles. The summed E-state index contributed by atoms with van der Waals surface area (Å²) in [7, 11) is 0. The zero-order valence-corrected chi connectivity index (χ0v) is 10.8. The second-order valence-corrected chi connectivity index (χ2v) is 4.31. The summed E-state index contributed by atoms with van der Waals surface area (Å²) in [5, 5.41) is 0. The van der Waals surface area contributed by atoms with Gasteiger partial charge in [-0.3, -0.25) is 0 Å². The molecule has 0 aliphatic heterocycles. The Morgan fingerprint density at radius 1 is 1.25 bits per heavy atom. The first kappa shape index (κ1) is 14.2. The number of furan rings is 1. The van der Waals surface area contributed by atoms with Crippen LogP contribution in [0.1, 0.15) is 11.3 Å². The third kappa shape index (κ3) is 3.66. The van der Waals surface area contributed by atoms with Crippen LogP contribution in [-0.2, 0) is 0 Å². The highest BCUT2D eigenvalue weighted by molar-refractivity contribution is 5.65. The summed E-state index contributed by atoms with van der Waals surface area (Å²) in [5.74, 6) is 1.42. The molecule has 0 unspecified atom stereocenters. The van der Waals surface area contributed by atoms with Crippen LogP contribution in [0.3, 0.4) is 0 Å². The fraction of sp³-hybridized carbons (Fsp3) is 0.200. The first-order valence-corrected chi connectivity index (χ1v) is 5.91. The van der Waals surface area contributed by atoms with Gasteiger partial charge in [-0.15, -0.1) is 0 Å². The van der Waals surface area contributed by atoms with E-state index in [9.17, 15) is 13.2 Å². The highest BCUT2D eigenvalue weighted by atomic mass is 19.4. The van der Waals surface area contributed by atoms with Gasteiger partial charge in [0.25, 0.3) is 0 Å². The van der Waals surface area contributed by atoms with E-state index in [0.29, 0.717) is 16.9 Å². The molecule has 2 nitrogen and oxygen atoms in total. The molecule has 0 N–H and O–H groups in total. The Morgan fingerprint density at radius 3 is 2.55 bits per heavy atom. The standard InChI is InChI=1S/C15H13F3O2/c1-3-11-6-12(14-5-4-10(2)20-14)8-13(7-11)19-9-15(16,17)18/h3-8H,1,9H2,2H3. The predicted molar refractivity (Wildman–Crippen MR) is 70.5 cm³/mol. The molecule has 0 fully saturated rings. The van der Waals surface area contributed by atoms with Gasteiger partial charge in [0.05, 0.1) is 0 Å². The lowest BCUT2D eigenvalue weighted by atomic mass is 10.1. The van der Waals surface area contributed by atoms with Crippen LogP contribution in [0.15, 0.2) is 41.3 Å². The Balaban J connectivity index is 2.31. The number of ether oxygens (including phenoxy) is 1. The smallest absolute Gasteiger partial charge is 0.422 e. The van der Waals surface area contributed by atoms with Crippen LogP contribution >= 0.6 is 0 Å². The Labute approximate surface area is 114 Å².